The largest absolute Gasteiger partial charge is 0.478 e. The number of carbonyl (C=O) groups is 1. The Bertz CT molecular complexity index is 835. The van der Waals surface area contributed by atoms with Crippen LogP contribution in [0.3, 0.4) is 0 Å². The first-order valence-electron chi connectivity index (χ1n) is 7.62. The minimum absolute atomic E-state index is 0.227. The lowest BCUT2D eigenvalue weighted by atomic mass is 9.97. The number of carboxylic acids is 1. The lowest BCUT2D eigenvalue weighted by molar-refractivity contribution is 0.0697. The summed E-state index contributed by atoms with van der Waals surface area (Å²) in [6, 6.07) is 13.0. The summed E-state index contributed by atoms with van der Waals surface area (Å²) in [5.41, 5.74) is 8.39. The van der Waals surface area contributed by atoms with Crippen LogP contribution >= 0.6 is 15.9 Å². The maximum atomic E-state index is 11.2. The molecular formula is C18H18BrN3O2. The van der Waals surface area contributed by atoms with E-state index >= 15 is 0 Å². The van der Waals surface area contributed by atoms with Crippen molar-refractivity contribution in [2.75, 3.05) is 5.32 Å². The van der Waals surface area contributed by atoms with Crippen molar-refractivity contribution in [1.82, 2.24) is 0 Å². The Labute approximate surface area is 148 Å². The fraction of sp³-hybridized carbons (Fsp3) is 0.222. The van der Waals surface area contributed by atoms with Crippen LogP contribution in [0.4, 0.5) is 5.69 Å². The molecule has 0 saturated heterocycles. The highest BCUT2D eigenvalue weighted by atomic mass is 79.9. The Kier molecular flexibility index (Phi) is 4.32. The Morgan fingerprint density at radius 2 is 2.12 bits per heavy atom. The number of rotatable bonds is 4. The predicted molar refractivity (Wildman–Crippen MR) is 98.6 cm³/mol. The first kappa shape index (κ1) is 16.5. The van der Waals surface area contributed by atoms with Crippen LogP contribution in [0, 0.1) is 0 Å². The first-order valence-corrected chi connectivity index (χ1v) is 8.41. The van der Waals surface area contributed by atoms with Crippen molar-refractivity contribution >= 4 is 33.4 Å². The lowest BCUT2D eigenvalue weighted by Gasteiger charge is -2.33. The summed E-state index contributed by atoms with van der Waals surface area (Å²) in [5.74, 6) is -0.533. The third-order valence-corrected chi connectivity index (χ3v) is 4.60. The molecule has 1 aliphatic heterocycles. The SMILES string of the molecule is CC1(CCc2cccc(Br)c2)N=C(N)c2ccc(C(=O)O)cc2N1. The monoisotopic (exact) mass is 387 g/mol. The smallest absolute Gasteiger partial charge is 0.335 e. The molecule has 0 aromatic heterocycles. The standard InChI is InChI=1S/C18H18BrN3O2/c1-18(8-7-11-3-2-4-13(19)9-11)21-15-10-12(17(23)24)5-6-14(15)16(20)22-18/h2-6,9-10,21H,7-8H2,1H3,(H2,20,22)(H,23,24). The quantitative estimate of drug-likeness (QED) is 0.747. The van der Waals surface area contributed by atoms with Crippen LogP contribution in [0.5, 0.6) is 0 Å². The van der Waals surface area contributed by atoms with Gasteiger partial charge in [-0.2, -0.15) is 0 Å². The molecule has 2 aromatic carbocycles. The maximum Gasteiger partial charge on any atom is 0.335 e. The molecule has 0 amide bonds. The number of anilines is 1. The third kappa shape index (κ3) is 3.43. The van der Waals surface area contributed by atoms with E-state index in [0.29, 0.717) is 11.5 Å². The Balaban J connectivity index is 1.83. The molecule has 0 fully saturated rings. The zero-order valence-corrected chi connectivity index (χ0v) is 14.8. The van der Waals surface area contributed by atoms with Gasteiger partial charge >= 0.3 is 5.97 Å². The van der Waals surface area contributed by atoms with Crippen molar-refractivity contribution < 1.29 is 9.90 Å². The van der Waals surface area contributed by atoms with Gasteiger partial charge in [0.05, 0.1) is 5.56 Å². The molecule has 2 aromatic rings. The second kappa shape index (κ2) is 6.28. The summed E-state index contributed by atoms with van der Waals surface area (Å²) in [4.78, 5) is 15.8. The van der Waals surface area contributed by atoms with Crippen molar-refractivity contribution in [2.24, 2.45) is 10.7 Å². The molecule has 124 valence electrons. The first-order chi connectivity index (χ1) is 11.4. The Hall–Kier alpha value is -2.34. The number of carboxylic acid groups (broad SMARTS) is 1. The lowest BCUT2D eigenvalue weighted by Crippen LogP contribution is -2.40. The summed E-state index contributed by atoms with van der Waals surface area (Å²) in [5, 5.41) is 12.5. The van der Waals surface area contributed by atoms with Crippen LogP contribution in [0.25, 0.3) is 0 Å². The van der Waals surface area contributed by atoms with E-state index in [4.69, 9.17) is 10.8 Å². The average molecular weight is 388 g/mol. The van der Waals surface area contributed by atoms with E-state index in [1.807, 2.05) is 19.1 Å². The highest BCUT2D eigenvalue weighted by Crippen LogP contribution is 2.30. The van der Waals surface area contributed by atoms with E-state index in [-0.39, 0.29) is 5.56 Å². The molecule has 5 nitrogen and oxygen atoms in total. The van der Waals surface area contributed by atoms with Gasteiger partial charge < -0.3 is 16.2 Å². The normalized spacial score (nSPS) is 19.2. The number of aryl methyl sites for hydroxylation is 1. The molecule has 0 saturated carbocycles. The molecule has 1 heterocycles. The van der Waals surface area contributed by atoms with E-state index in [9.17, 15) is 4.79 Å². The number of hydrogen-bond donors (Lipinski definition) is 3. The number of amidine groups is 1. The van der Waals surface area contributed by atoms with E-state index in [2.05, 4.69) is 38.4 Å². The van der Waals surface area contributed by atoms with Crippen LogP contribution in [0.1, 0.15) is 34.8 Å². The number of nitrogens with two attached hydrogens (primary N) is 1. The van der Waals surface area contributed by atoms with E-state index in [1.54, 1.807) is 12.1 Å². The molecule has 0 spiro atoms. The van der Waals surface area contributed by atoms with Crippen LogP contribution in [-0.4, -0.2) is 22.6 Å². The average Bonchev–Trinajstić information content (AvgIpc) is 2.52. The van der Waals surface area contributed by atoms with E-state index in [0.717, 1.165) is 22.9 Å². The maximum absolute atomic E-state index is 11.2. The van der Waals surface area contributed by atoms with Gasteiger partial charge in [-0.3, -0.25) is 0 Å². The van der Waals surface area contributed by atoms with Crippen LogP contribution in [0.15, 0.2) is 51.9 Å². The fourth-order valence-electron chi connectivity index (χ4n) is 2.85. The van der Waals surface area contributed by atoms with Gasteiger partial charge in [0.15, 0.2) is 0 Å². The minimum atomic E-state index is -0.962. The summed E-state index contributed by atoms with van der Waals surface area (Å²) in [6.45, 7) is 1.97. The molecular weight excluding hydrogens is 370 g/mol. The van der Waals surface area contributed by atoms with Gasteiger partial charge in [-0.05, 0) is 55.7 Å². The fourth-order valence-corrected chi connectivity index (χ4v) is 3.29. The number of aromatic carboxylic acids is 1. The van der Waals surface area contributed by atoms with Gasteiger partial charge in [-0.15, -0.1) is 0 Å². The Morgan fingerprint density at radius 1 is 1.33 bits per heavy atom. The van der Waals surface area contributed by atoms with Gasteiger partial charge in [-0.25, -0.2) is 9.79 Å². The Morgan fingerprint density at radius 3 is 2.83 bits per heavy atom. The minimum Gasteiger partial charge on any atom is -0.478 e. The molecule has 1 unspecified atom stereocenters. The molecule has 6 heteroatoms. The number of nitrogens with zero attached hydrogens (tertiary/aromatic N) is 1. The van der Waals surface area contributed by atoms with Crippen molar-refractivity contribution in [1.29, 1.82) is 0 Å². The number of aliphatic imine (C=N–C) groups is 1. The van der Waals surface area contributed by atoms with Gasteiger partial charge in [0.1, 0.15) is 11.5 Å². The van der Waals surface area contributed by atoms with Crippen molar-refractivity contribution in [3.63, 3.8) is 0 Å². The molecule has 1 atom stereocenters. The number of nitrogens with one attached hydrogen (secondary N) is 1. The molecule has 4 N–H and O–H groups in total. The van der Waals surface area contributed by atoms with Crippen molar-refractivity contribution in [3.05, 3.63) is 63.6 Å². The molecule has 3 rings (SSSR count). The van der Waals surface area contributed by atoms with Gasteiger partial charge in [0.25, 0.3) is 0 Å². The topological polar surface area (TPSA) is 87.7 Å². The molecule has 0 aliphatic carbocycles. The summed E-state index contributed by atoms with van der Waals surface area (Å²) >= 11 is 3.48. The third-order valence-electron chi connectivity index (χ3n) is 4.10. The summed E-state index contributed by atoms with van der Waals surface area (Å²) in [7, 11) is 0. The molecule has 0 bridgehead atoms. The number of halogens is 1. The van der Waals surface area contributed by atoms with Crippen LogP contribution in [-0.2, 0) is 6.42 Å². The van der Waals surface area contributed by atoms with Crippen LogP contribution < -0.4 is 11.1 Å². The van der Waals surface area contributed by atoms with Crippen molar-refractivity contribution in [3.8, 4) is 0 Å². The number of hydrogen-bond acceptors (Lipinski definition) is 4. The summed E-state index contributed by atoms with van der Waals surface area (Å²) in [6.07, 6.45) is 1.56. The van der Waals surface area contributed by atoms with Crippen LogP contribution in [0.2, 0.25) is 0 Å². The zero-order valence-electron chi connectivity index (χ0n) is 13.2. The second-order valence-electron chi connectivity index (χ2n) is 6.09. The second-order valence-corrected chi connectivity index (χ2v) is 7.01. The van der Waals surface area contributed by atoms with E-state index in [1.165, 1.54) is 11.6 Å². The van der Waals surface area contributed by atoms with Crippen molar-refractivity contribution in [2.45, 2.75) is 25.4 Å². The van der Waals surface area contributed by atoms with Gasteiger partial charge in [-0.1, -0.05) is 28.1 Å². The molecule has 24 heavy (non-hydrogen) atoms. The van der Waals surface area contributed by atoms with Gasteiger partial charge in [0.2, 0.25) is 0 Å². The zero-order chi connectivity index (χ0) is 17.3. The predicted octanol–water partition coefficient (Wildman–Crippen LogP) is 3.63. The number of benzene rings is 2. The molecule has 0 radical (unpaired) electrons. The van der Waals surface area contributed by atoms with E-state index < -0.39 is 11.6 Å². The molecule has 1 aliphatic rings. The summed E-state index contributed by atoms with van der Waals surface area (Å²) < 4.78 is 1.04. The number of fused-ring (bicyclic) bond motifs is 1. The van der Waals surface area contributed by atoms with Gasteiger partial charge in [0, 0.05) is 15.7 Å². The highest BCUT2D eigenvalue weighted by molar-refractivity contribution is 9.10. The highest BCUT2D eigenvalue weighted by Gasteiger charge is 2.29.